The normalized spacial score (nSPS) is 13.6. The molecule has 4 rings (SSSR count). The van der Waals surface area contributed by atoms with Crippen LogP contribution < -0.4 is 10.2 Å². The van der Waals surface area contributed by atoms with Crippen molar-refractivity contribution in [2.75, 3.05) is 38.1 Å². The second-order valence-corrected chi connectivity index (χ2v) is 12.8. The van der Waals surface area contributed by atoms with Crippen molar-refractivity contribution in [1.29, 1.82) is 0 Å². The Kier molecular flexibility index (Phi) is 18.9. The summed E-state index contributed by atoms with van der Waals surface area (Å²) in [7, 11) is -1.12. The zero-order valence-electron chi connectivity index (χ0n) is 28.2. The lowest BCUT2D eigenvalue weighted by Gasteiger charge is -2.35. The monoisotopic (exact) mass is 631 g/mol. The molecule has 0 radical (unpaired) electrons. The number of hydrogen-bond acceptors (Lipinski definition) is 5. The average Bonchev–Trinajstić information content (AvgIpc) is 3.11. The summed E-state index contributed by atoms with van der Waals surface area (Å²) in [5.41, 5.74) is 3.86. The molecule has 0 spiro atoms. The van der Waals surface area contributed by atoms with E-state index in [2.05, 4.69) is 86.5 Å². The van der Waals surface area contributed by atoms with Crippen LogP contribution in [0.2, 0.25) is 0 Å². The summed E-state index contributed by atoms with van der Waals surface area (Å²) in [6, 6.07) is 16.0. The minimum absolute atomic E-state index is 0.221. The molecule has 2 heterocycles. The van der Waals surface area contributed by atoms with E-state index >= 15 is 0 Å². The molecular weight excluding hydrogens is 579 g/mol. The number of unbranched alkanes of at least 4 members (excludes halogenated alkanes) is 4. The molecule has 2 aromatic carbocycles. The number of aromatic nitrogens is 2. The Labute approximate surface area is 273 Å². The summed E-state index contributed by atoms with van der Waals surface area (Å²) in [6.45, 7) is 17.0. The molecule has 1 fully saturated rings. The van der Waals surface area contributed by atoms with Crippen molar-refractivity contribution < 1.29 is 9.00 Å². The van der Waals surface area contributed by atoms with E-state index in [9.17, 15) is 9.00 Å². The Morgan fingerprint density at radius 3 is 1.87 bits per heavy atom. The van der Waals surface area contributed by atoms with Gasteiger partial charge in [-0.25, -0.2) is 18.5 Å². The molecule has 1 aliphatic rings. The Balaban J connectivity index is 0.000000726. The van der Waals surface area contributed by atoms with Gasteiger partial charge in [-0.2, -0.15) is 0 Å². The molecule has 1 N–H and O–H groups in total. The third-order valence-corrected chi connectivity index (χ3v) is 9.69. The Bertz CT molecular complexity index is 1420. The smallest absolute Gasteiger partial charge is 0.254 e. The van der Waals surface area contributed by atoms with Crippen LogP contribution in [-0.4, -0.2) is 62.6 Å². The molecule has 7 nitrogen and oxygen atoms in total. The topological polar surface area (TPSA) is 78.4 Å². The van der Waals surface area contributed by atoms with Gasteiger partial charge in [0.15, 0.2) is 0 Å². The summed E-state index contributed by atoms with van der Waals surface area (Å²) in [5, 5.41) is 5.38. The molecule has 244 valence electrons. The second kappa shape index (κ2) is 21.8. The molecule has 1 amide bonds. The van der Waals surface area contributed by atoms with Gasteiger partial charge >= 0.3 is 0 Å². The Morgan fingerprint density at radius 2 is 1.42 bits per heavy atom. The Morgan fingerprint density at radius 1 is 0.889 bits per heavy atom. The predicted molar refractivity (Wildman–Crippen MR) is 193 cm³/mol. The lowest BCUT2D eigenvalue weighted by molar-refractivity contribution is 0.0962. The molecule has 1 saturated heterocycles. The second-order valence-electron chi connectivity index (χ2n) is 10.5. The summed E-state index contributed by atoms with van der Waals surface area (Å²) < 4.78 is 15.8. The highest BCUT2D eigenvalue weighted by atomic mass is 32.2. The van der Waals surface area contributed by atoms with Crippen LogP contribution in [0, 0.1) is 19.8 Å². The van der Waals surface area contributed by atoms with Crippen molar-refractivity contribution in [2.24, 2.45) is 0 Å². The van der Waals surface area contributed by atoms with Crippen LogP contribution in [0.1, 0.15) is 82.1 Å². The standard InChI is InChI=1S/C25H27N5O2S.C6H14.C4H10.C2H2/c1-4-33(32,22-11-9-20(10-12-22)23-8-6-5-7-19(23)2)30-15-13-29(14-16-30)25-27-17-21(18-28-25)24(31)26-3;1-3-5-6-4-2;1-3-4-2;1-2/h5-12,17-18H,1,13-16H2,2-3H3,(H,26,31);3-6H2,1-2H3;3-4H2,1-2H3;1-2H. The maximum Gasteiger partial charge on any atom is 0.254 e. The van der Waals surface area contributed by atoms with Gasteiger partial charge in [-0.15, -0.1) is 12.8 Å². The number of aryl methyl sites for hydroxylation is 1. The number of carbonyl (C=O) groups excluding carboxylic acids is 1. The maximum atomic E-state index is 13.9. The molecule has 1 aromatic heterocycles. The average molecular weight is 632 g/mol. The third-order valence-electron chi connectivity index (χ3n) is 7.30. The van der Waals surface area contributed by atoms with Crippen LogP contribution in [-0.2, 0) is 9.71 Å². The van der Waals surface area contributed by atoms with Crippen molar-refractivity contribution in [3.05, 3.63) is 78.6 Å². The molecule has 0 bridgehead atoms. The first-order valence-corrected chi connectivity index (χ1v) is 17.4. The number of rotatable bonds is 9. The number of piperazine rings is 1. The van der Waals surface area contributed by atoms with E-state index in [4.69, 9.17) is 0 Å². The summed E-state index contributed by atoms with van der Waals surface area (Å²) in [6.07, 6.45) is 19.2. The van der Waals surface area contributed by atoms with E-state index in [1.807, 2.05) is 45.6 Å². The number of carbonyl (C=O) groups is 1. The van der Waals surface area contributed by atoms with Crippen LogP contribution in [0.25, 0.3) is 11.1 Å². The molecule has 0 aliphatic carbocycles. The lowest BCUT2D eigenvalue weighted by atomic mass is 10.0. The predicted octanol–water partition coefficient (Wildman–Crippen LogP) is 7.42. The number of terminal acetylenes is 1. The van der Waals surface area contributed by atoms with Crippen LogP contribution in [0.4, 0.5) is 5.95 Å². The fourth-order valence-electron chi connectivity index (χ4n) is 4.43. The highest BCUT2D eigenvalue weighted by Crippen LogP contribution is 2.26. The van der Waals surface area contributed by atoms with Crippen molar-refractivity contribution in [3.8, 4) is 24.0 Å². The van der Waals surface area contributed by atoms with Gasteiger partial charge in [-0.1, -0.05) is 103 Å². The minimum atomic E-state index is -2.69. The van der Waals surface area contributed by atoms with Crippen molar-refractivity contribution in [1.82, 2.24) is 19.6 Å². The summed E-state index contributed by atoms with van der Waals surface area (Å²) in [4.78, 5) is 23.0. The molecule has 1 aliphatic heterocycles. The van der Waals surface area contributed by atoms with Crippen LogP contribution in [0.15, 0.2) is 72.4 Å². The largest absolute Gasteiger partial charge is 0.355 e. The molecule has 8 heteroatoms. The molecule has 0 saturated carbocycles. The van der Waals surface area contributed by atoms with Gasteiger partial charge in [0.25, 0.3) is 5.91 Å². The highest BCUT2D eigenvalue weighted by Gasteiger charge is 2.26. The van der Waals surface area contributed by atoms with Crippen LogP contribution >= 0.6 is 0 Å². The van der Waals surface area contributed by atoms with Crippen molar-refractivity contribution >= 4 is 26.6 Å². The van der Waals surface area contributed by atoms with E-state index < -0.39 is 9.71 Å². The van der Waals surface area contributed by atoms with E-state index in [0.29, 0.717) is 42.6 Å². The quantitative estimate of drug-likeness (QED) is 0.151. The van der Waals surface area contributed by atoms with Gasteiger partial charge in [-0.3, -0.25) is 4.79 Å². The zero-order chi connectivity index (χ0) is 33.7. The van der Waals surface area contributed by atoms with Crippen LogP contribution in [0.3, 0.4) is 0 Å². The summed E-state index contributed by atoms with van der Waals surface area (Å²) in [5.74, 6) is 0.333. The van der Waals surface area contributed by atoms with Crippen LogP contribution in [0.5, 0.6) is 0 Å². The first kappa shape index (κ1) is 39.1. The Hall–Kier alpha value is -3.89. The summed E-state index contributed by atoms with van der Waals surface area (Å²) >= 11 is 0. The lowest BCUT2D eigenvalue weighted by Crippen LogP contribution is -2.49. The van der Waals surface area contributed by atoms with E-state index in [1.54, 1.807) is 7.05 Å². The van der Waals surface area contributed by atoms with Gasteiger partial charge in [0.1, 0.15) is 9.71 Å². The maximum absolute atomic E-state index is 13.9. The zero-order valence-corrected chi connectivity index (χ0v) is 29.0. The fourth-order valence-corrected chi connectivity index (χ4v) is 6.26. The molecule has 1 atom stereocenters. The number of benzene rings is 2. The van der Waals surface area contributed by atoms with Gasteiger partial charge in [0, 0.05) is 45.6 Å². The highest BCUT2D eigenvalue weighted by molar-refractivity contribution is 7.98. The van der Waals surface area contributed by atoms with Gasteiger partial charge in [0.2, 0.25) is 5.95 Å². The van der Waals surface area contributed by atoms with E-state index in [0.717, 1.165) is 11.1 Å². The van der Waals surface area contributed by atoms with Gasteiger partial charge in [-0.05, 0) is 47.3 Å². The first-order chi connectivity index (χ1) is 21.8. The molecule has 3 aromatic rings. The number of nitrogens with one attached hydrogen (secondary N) is 1. The number of nitrogens with zero attached hydrogens (tertiary/aromatic N) is 4. The van der Waals surface area contributed by atoms with E-state index in [-0.39, 0.29) is 5.91 Å². The fraction of sp³-hybridized carbons (Fsp3) is 0.432. The molecule has 45 heavy (non-hydrogen) atoms. The van der Waals surface area contributed by atoms with E-state index in [1.165, 1.54) is 56.5 Å². The number of anilines is 1. The van der Waals surface area contributed by atoms with Gasteiger partial charge < -0.3 is 10.2 Å². The van der Waals surface area contributed by atoms with Gasteiger partial charge in [0.05, 0.1) is 10.5 Å². The first-order valence-electron chi connectivity index (χ1n) is 15.9. The minimum Gasteiger partial charge on any atom is -0.355 e. The molecular formula is C37H53N5O2S. The SMILES string of the molecule is C#C.C=C=S(=O)(c1ccc(-c2ccccc2C)cc1)N1CCN(c2ncc(C(=O)NC)cn2)CC1.CCCC.CCCCCC. The third kappa shape index (κ3) is 11.9. The van der Waals surface area contributed by atoms with Crippen molar-refractivity contribution in [2.45, 2.75) is 78.0 Å². The van der Waals surface area contributed by atoms with Crippen molar-refractivity contribution in [3.63, 3.8) is 0 Å². The number of hydrogen-bond donors (Lipinski definition) is 1. The molecule has 1 unspecified atom stereocenters. The number of amides is 1.